The van der Waals surface area contributed by atoms with Gasteiger partial charge in [0.05, 0.1) is 20.6 Å². The first-order valence-electron chi connectivity index (χ1n) is 12.5. The summed E-state index contributed by atoms with van der Waals surface area (Å²) in [5.41, 5.74) is 3.67. The molecule has 0 bridgehead atoms. The Morgan fingerprint density at radius 2 is 1.74 bits per heavy atom. The second-order valence-electron chi connectivity index (χ2n) is 9.63. The van der Waals surface area contributed by atoms with Crippen molar-refractivity contribution in [3.8, 4) is 11.5 Å². The molecule has 1 unspecified atom stereocenters. The number of carbonyl (C=O) groups excluding carboxylic acids is 1. The van der Waals surface area contributed by atoms with Gasteiger partial charge in [-0.25, -0.2) is 0 Å². The van der Waals surface area contributed by atoms with Gasteiger partial charge in [0, 0.05) is 24.1 Å². The van der Waals surface area contributed by atoms with E-state index in [0.717, 1.165) is 54.8 Å². The van der Waals surface area contributed by atoms with Gasteiger partial charge in [0.25, 0.3) is 0 Å². The lowest BCUT2D eigenvalue weighted by Gasteiger charge is -2.29. The summed E-state index contributed by atoms with van der Waals surface area (Å²) in [4.78, 5) is 17.9. The van der Waals surface area contributed by atoms with Gasteiger partial charge >= 0.3 is 0 Å². The van der Waals surface area contributed by atoms with Crippen LogP contribution in [0.15, 0.2) is 40.9 Å². The summed E-state index contributed by atoms with van der Waals surface area (Å²) < 4.78 is 12.1. The Labute approximate surface area is 212 Å². The summed E-state index contributed by atoms with van der Waals surface area (Å²) in [5.74, 6) is 2.22. The van der Waals surface area contributed by atoms with Crippen molar-refractivity contribution < 1.29 is 14.3 Å². The molecular weight excluding hydrogens is 492 g/mol. The summed E-state index contributed by atoms with van der Waals surface area (Å²) in [6.07, 6.45) is 7.32. The van der Waals surface area contributed by atoms with Crippen LogP contribution in [-0.4, -0.2) is 62.7 Å². The molecule has 2 aromatic rings. The van der Waals surface area contributed by atoms with Gasteiger partial charge in [-0.3, -0.25) is 4.79 Å². The molecule has 1 fully saturated rings. The van der Waals surface area contributed by atoms with E-state index >= 15 is 0 Å². The number of nitrogens with zero attached hydrogens (tertiary/aromatic N) is 2. The summed E-state index contributed by atoms with van der Waals surface area (Å²) >= 11 is 3.52. The molecule has 1 saturated heterocycles. The van der Waals surface area contributed by atoms with Gasteiger partial charge in [0.2, 0.25) is 5.91 Å². The van der Waals surface area contributed by atoms with E-state index in [1.165, 1.54) is 43.4 Å². The molecule has 0 aromatic heterocycles. The van der Waals surface area contributed by atoms with Crippen molar-refractivity contribution in [2.75, 3.05) is 46.9 Å². The van der Waals surface area contributed by atoms with Crippen LogP contribution in [0.5, 0.6) is 11.5 Å². The lowest BCUT2D eigenvalue weighted by atomic mass is 10.0. The average Bonchev–Trinajstić information content (AvgIpc) is 3.15. The highest BCUT2D eigenvalue weighted by Crippen LogP contribution is 2.32. The van der Waals surface area contributed by atoms with Crippen molar-refractivity contribution in [3.05, 3.63) is 57.6 Å². The van der Waals surface area contributed by atoms with E-state index < -0.39 is 0 Å². The molecular formula is C28H37BrN2O3. The molecule has 34 heavy (non-hydrogen) atoms. The zero-order valence-corrected chi connectivity index (χ0v) is 22.1. The number of rotatable bonds is 8. The quantitative estimate of drug-likeness (QED) is 0.476. The Hall–Kier alpha value is -2.05. The number of carbonyl (C=O) groups is 1. The minimum atomic E-state index is 0.233. The van der Waals surface area contributed by atoms with E-state index in [2.05, 4.69) is 50.0 Å². The Balaban J connectivity index is 1.32. The Morgan fingerprint density at radius 3 is 2.47 bits per heavy atom. The van der Waals surface area contributed by atoms with Crippen LogP contribution in [0.2, 0.25) is 0 Å². The number of benzene rings is 2. The number of amides is 1. The van der Waals surface area contributed by atoms with Gasteiger partial charge < -0.3 is 19.3 Å². The predicted molar refractivity (Wildman–Crippen MR) is 140 cm³/mol. The number of halogens is 1. The first-order valence-corrected chi connectivity index (χ1v) is 13.3. The number of ether oxygens (including phenoxy) is 2. The van der Waals surface area contributed by atoms with Gasteiger partial charge in [-0.2, -0.15) is 0 Å². The van der Waals surface area contributed by atoms with Crippen LogP contribution in [0, 0.1) is 5.92 Å². The fourth-order valence-electron chi connectivity index (χ4n) is 5.35. The molecule has 4 rings (SSSR count). The van der Waals surface area contributed by atoms with E-state index in [0.29, 0.717) is 18.1 Å². The molecule has 2 aliphatic rings. The first-order chi connectivity index (χ1) is 16.6. The van der Waals surface area contributed by atoms with Crippen LogP contribution in [0.1, 0.15) is 42.4 Å². The third kappa shape index (κ3) is 6.54. The number of methoxy groups -OCH3 is 2. The maximum Gasteiger partial charge on any atom is 0.227 e. The third-order valence-corrected chi connectivity index (χ3v) is 7.76. The fraction of sp³-hybridized carbons (Fsp3) is 0.536. The maximum absolute atomic E-state index is 13.2. The molecule has 0 spiro atoms. The van der Waals surface area contributed by atoms with Crippen LogP contribution in [0.3, 0.4) is 0 Å². The second-order valence-corrected chi connectivity index (χ2v) is 10.6. The summed E-state index contributed by atoms with van der Waals surface area (Å²) in [6.45, 7) is 5.05. The fourth-order valence-corrected chi connectivity index (χ4v) is 5.61. The Bertz CT molecular complexity index is 963. The molecule has 2 heterocycles. The van der Waals surface area contributed by atoms with Crippen molar-refractivity contribution in [1.29, 1.82) is 0 Å². The van der Waals surface area contributed by atoms with Crippen molar-refractivity contribution in [2.24, 2.45) is 5.92 Å². The lowest BCUT2D eigenvalue weighted by molar-refractivity contribution is -0.130. The molecule has 0 radical (unpaired) electrons. The standard InChI is InChI=1S/C28H37BrN2O3/c1-33-26-16-23-12-15-31(28(32)18-24(23)17-27(26)34-2)20-22-6-3-4-13-30(19-22)14-5-7-21-8-10-25(29)11-9-21/h8-11,16-17,22H,3-7,12-15,18-20H2,1-2H3. The van der Waals surface area contributed by atoms with E-state index in [1.54, 1.807) is 14.2 Å². The molecule has 1 atom stereocenters. The molecule has 5 nitrogen and oxygen atoms in total. The van der Waals surface area contributed by atoms with Crippen LogP contribution in [-0.2, 0) is 24.1 Å². The Morgan fingerprint density at radius 1 is 1.00 bits per heavy atom. The molecule has 6 heteroatoms. The van der Waals surface area contributed by atoms with E-state index in [1.807, 2.05) is 12.1 Å². The van der Waals surface area contributed by atoms with Crippen molar-refractivity contribution in [1.82, 2.24) is 9.80 Å². The van der Waals surface area contributed by atoms with E-state index in [4.69, 9.17) is 9.47 Å². The van der Waals surface area contributed by atoms with Gasteiger partial charge in [-0.05, 0) is 92.1 Å². The van der Waals surface area contributed by atoms with Crippen molar-refractivity contribution in [3.63, 3.8) is 0 Å². The average molecular weight is 530 g/mol. The largest absolute Gasteiger partial charge is 0.493 e. The molecule has 2 aliphatic heterocycles. The zero-order valence-electron chi connectivity index (χ0n) is 20.5. The maximum atomic E-state index is 13.2. The monoisotopic (exact) mass is 528 g/mol. The van der Waals surface area contributed by atoms with Crippen LogP contribution in [0.25, 0.3) is 0 Å². The third-order valence-electron chi connectivity index (χ3n) is 7.24. The van der Waals surface area contributed by atoms with Crippen molar-refractivity contribution in [2.45, 2.75) is 44.9 Å². The first kappa shape index (κ1) is 25.1. The molecule has 0 saturated carbocycles. The van der Waals surface area contributed by atoms with E-state index in [9.17, 15) is 4.79 Å². The van der Waals surface area contributed by atoms with Gasteiger partial charge in [0.1, 0.15) is 0 Å². The minimum Gasteiger partial charge on any atom is -0.493 e. The Kier molecular flexibility index (Phi) is 8.90. The SMILES string of the molecule is COc1cc2c(cc1OC)CC(=O)N(CC1CCCCN(CCCc3ccc(Br)cc3)C1)CC2. The lowest BCUT2D eigenvalue weighted by Crippen LogP contribution is -2.40. The number of fused-ring (bicyclic) bond motifs is 1. The number of hydrogen-bond donors (Lipinski definition) is 0. The van der Waals surface area contributed by atoms with Crippen LogP contribution < -0.4 is 9.47 Å². The second kappa shape index (κ2) is 12.1. The molecule has 1 amide bonds. The molecule has 184 valence electrons. The number of aryl methyl sites for hydroxylation is 1. The highest BCUT2D eigenvalue weighted by molar-refractivity contribution is 9.10. The molecule has 0 aliphatic carbocycles. The highest BCUT2D eigenvalue weighted by atomic mass is 79.9. The van der Waals surface area contributed by atoms with Gasteiger partial charge in [-0.15, -0.1) is 0 Å². The summed E-state index contributed by atoms with van der Waals surface area (Å²) in [6, 6.07) is 12.7. The summed E-state index contributed by atoms with van der Waals surface area (Å²) in [7, 11) is 3.31. The van der Waals surface area contributed by atoms with E-state index in [-0.39, 0.29) is 5.91 Å². The summed E-state index contributed by atoms with van der Waals surface area (Å²) in [5, 5.41) is 0. The van der Waals surface area contributed by atoms with Gasteiger partial charge in [-0.1, -0.05) is 34.5 Å². The smallest absolute Gasteiger partial charge is 0.227 e. The van der Waals surface area contributed by atoms with Crippen LogP contribution >= 0.6 is 15.9 Å². The molecule has 2 aromatic carbocycles. The van der Waals surface area contributed by atoms with Crippen molar-refractivity contribution >= 4 is 21.8 Å². The zero-order chi connectivity index (χ0) is 23.9. The highest BCUT2D eigenvalue weighted by Gasteiger charge is 2.26. The molecule has 0 N–H and O–H groups in total. The minimum absolute atomic E-state index is 0.233. The van der Waals surface area contributed by atoms with Gasteiger partial charge in [0.15, 0.2) is 11.5 Å². The number of hydrogen-bond acceptors (Lipinski definition) is 4. The normalized spacial score (nSPS) is 19.3. The number of likely N-dealkylation sites (tertiary alicyclic amines) is 1. The topological polar surface area (TPSA) is 42.0 Å². The predicted octanol–water partition coefficient (Wildman–Crippen LogP) is 5.13. The van der Waals surface area contributed by atoms with Crippen LogP contribution in [0.4, 0.5) is 0 Å².